The fourth-order valence-electron chi connectivity index (χ4n) is 1.34. The molecule has 0 aromatic heterocycles. The van der Waals surface area contributed by atoms with Crippen molar-refractivity contribution < 1.29 is 19.0 Å². The van der Waals surface area contributed by atoms with Crippen molar-refractivity contribution in [3.63, 3.8) is 0 Å². The highest BCUT2D eigenvalue weighted by atomic mass is 19.1. The number of aliphatic hydroxyl groups is 1. The van der Waals surface area contributed by atoms with E-state index in [-0.39, 0.29) is 24.5 Å². The maximum atomic E-state index is 12.9. The second kappa shape index (κ2) is 6.85. The SMILES string of the molecule is Nc1ccc(F)cc1C(=O)OCCCCCO. The van der Waals surface area contributed by atoms with Gasteiger partial charge in [-0.1, -0.05) is 0 Å². The van der Waals surface area contributed by atoms with Crippen LogP contribution in [0.5, 0.6) is 0 Å². The summed E-state index contributed by atoms with van der Waals surface area (Å²) in [5.41, 5.74) is 5.79. The molecule has 0 amide bonds. The Morgan fingerprint density at radius 3 is 2.82 bits per heavy atom. The van der Waals surface area contributed by atoms with Crippen LogP contribution in [0.25, 0.3) is 0 Å². The number of anilines is 1. The Morgan fingerprint density at radius 1 is 1.35 bits per heavy atom. The van der Waals surface area contributed by atoms with Crippen molar-refractivity contribution in [2.24, 2.45) is 0 Å². The van der Waals surface area contributed by atoms with Crippen LogP contribution in [-0.4, -0.2) is 24.3 Å². The first-order chi connectivity index (χ1) is 8.15. The van der Waals surface area contributed by atoms with Gasteiger partial charge in [0, 0.05) is 12.3 Å². The number of benzene rings is 1. The van der Waals surface area contributed by atoms with Gasteiger partial charge in [-0.15, -0.1) is 0 Å². The molecule has 3 N–H and O–H groups in total. The minimum Gasteiger partial charge on any atom is -0.462 e. The van der Waals surface area contributed by atoms with Crippen molar-refractivity contribution in [3.8, 4) is 0 Å². The molecule has 17 heavy (non-hydrogen) atoms. The molecule has 0 aliphatic carbocycles. The van der Waals surface area contributed by atoms with Crippen LogP contribution in [0.2, 0.25) is 0 Å². The summed E-state index contributed by atoms with van der Waals surface area (Å²) < 4.78 is 17.8. The molecule has 5 heteroatoms. The zero-order chi connectivity index (χ0) is 12.7. The van der Waals surface area contributed by atoms with E-state index in [2.05, 4.69) is 0 Å². The Bertz CT molecular complexity index is 382. The van der Waals surface area contributed by atoms with Crippen LogP contribution in [-0.2, 0) is 4.74 Å². The molecule has 0 saturated carbocycles. The van der Waals surface area contributed by atoms with Gasteiger partial charge in [-0.05, 0) is 37.5 Å². The minimum absolute atomic E-state index is 0.0483. The van der Waals surface area contributed by atoms with Gasteiger partial charge in [0.25, 0.3) is 0 Å². The lowest BCUT2D eigenvalue weighted by Gasteiger charge is -2.06. The van der Waals surface area contributed by atoms with Crippen LogP contribution in [0.15, 0.2) is 18.2 Å². The molecule has 0 unspecified atom stereocenters. The van der Waals surface area contributed by atoms with Crippen molar-refractivity contribution in [1.82, 2.24) is 0 Å². The third-order valence-corrected chi connectivity index (χ3v) is 2.27. The van der Waals surface area contributed by atoms with Gasteiger partial charge in [-0.25, -0.2) is 9.18 Å². The summed E-state index contributed by atoms with van der Waals surface area (Å²) >= 11 is 0. The summed E-state index contributed by atoms with van der Waals surface area (Å²) in [7, 11) is 0. The molecule has 0 bridgehead atoms. The lowest BCUT2D eigenvalue weighted by atomic mass is 10.2. The molecule has 0 atom stereocenters. The first-order valence-electron chi connectivity index (χ1n) is 5.48. The molecule has 0 aliphatic heterocycles. The van der Waals surface area contributed by atoms with Gasteiger partial charge in [0.15, 0.2) is 0 Å². The van der Waals surface area contributed by atoms with Crippen molar-refractivity contribution >= 4 is 11.7 Å². The Labute approximate surface area is 99.2 Å². The molecule has 1 aromatic rings. The van der Waals surface area contributed by atoms with E-state index in [1.165, 1.54) is 12.1 Å². The number of aliphatic hydroxyl groups excluding tert-OH is 1. The number of rotatable bonds is 6. The van der Waals surface area contributed by atoms with Crippen molar-refractivity contribution in [2.45, 2.75) is 19.3 Å². The van der Waals surface area contributed by atoms with Gasteiger partial charge in [0.1, 0.15) is 5.82 Å². The number of carbonyl (C=O) groups is 1. The fourth-order valence-corrected chi connectivity index (χ4v) is 1.34. The molecule has 1 rings (SSSR count). The van der Waals surface area contributed by atoms with Gasteiger partial charge in [-0.3, -0.25) is 0 Å². The average Bonchev–Trinajstić information content (AvgIpc) is 2.32. The number of hydrogen-bond acceptors (Lipinski definition) is 4. The number of unbranched alkanes of at least 4 members (excludes halogenated alkanes) is 2. The van der Waals surface area contributed by atoms with E-state index in [1.807, 2.05) is 0 Å². The summed E-state index contributed by atoms with van der Waals surface area (Å²) in [5, 5.41) is 8.55. The monoisotopic (exact) mass is 241 g/mol. The lowest BCUT2D eigenvalue weighted by molar-refractivity contribution is 0.0497. The van der Waals surface area contributed by atoms with Crippen LogP contribution in [0.3, 0.4) is 0 Å². The van der Waals surface area contributed by atoms with E-state index in [9.17, 15) is 9.18 Å². The lowest BCUT2D eigenvalue weighted by Crippen LogP contribution is -2.09. The number of nitrogen functional groups attached to an aromatic ring is 1. The maximum absolute atomic E-state index is 12.9. The first-order valence-corrected chi connectivity index (χ1v) is 5.48. The third-order valence-electron chi connectivity index (χ3n) is 2.27. The molecular formula is C12H16FNO3. The average molecular weight is 241 g/mol. The van der Waals surface area contributed by atoms with Crippen LogP contribution in [0.1, 0.15) is 29.6 Å². The van der Waals surface area contributed by atoms with Crippen LogP contribution < -0.4 is 5.73 Å². The number of esters is 1. The van der Waals surface area contributed by atoms with Crippen molar-refractivity contribution in [1.29, 1.82) is 0 Å². The van der Waals surface area contributed by atoms with Gasteiger partial charge >= 0.3 is 5.97 Å². The molecule has 0 spiro atoms. The molecule has 0 saturated heterocycles. The molecule has 1 aromatic carbocycles. The highest BCUT2D eigenvalue weighted by molar-refractivity contribution is 5.95. The molecule has 0 radical (unpaired) electrons. The topological polar surface area (TPSA) is 72.6 Å². The second-order valence-corrected chi connectivity index (χ2v) is 3.65. The summed E-state index contributed by atoms with van der Waals surface area (Å²) in [6.07, 6.45) is 2.13. The number of ether oxygens (including phenoxy) is 1. The van der Waals surface area contributed by atoms with E-state index in [0.717, 1.165) is 12.5 Å². The molecular weight excluding hydrogens is 225 g/mol. The Balaban J connectivity index is 2.44. The number of halogens is 1. The van der Waals surface area contributed by atoms with Gasteiger partial charge in [0.2, 0.25) is 0 Å². The van der Waals surface area contributed by atoms with Gasteiger partial charge < -0.3 is 15.6 Å². The van der Waals surface area contributed by atoms with E-state index < -0.39 is 11.8 Å². The molecule has 0 fully saturated rings. The smallest absolute Gasteiger partial charge is 0.340 e. The van der Waals surface area contributed by atoms with Gasteiger partial charge in [-0.2, -0.15) is 0 Å². The van der Waals surface area contributed by atoms with Crippen LogP contribution >= 0.6 is 0 Å². The van der Waals surface area contributed by atoms with Gasteiger partial charge in [0.05, 0.1) is 12.2 Å². The maximum Gasteiger partial charge on any atom is 0.340 e. The van der Waals surface area contributed by atoms with E-state index in [1.54, 1.807) is 0 Å². The van der Waals surface area contributed by atoms with E-state index in [0.29, 0.717) is 12.8 Å². The van der Waals surface area contributed by atoms with E-state index >= 15 is 0 Å². The molecule has 4 nitrogen and oxygen atoms in total. The first kappa shape index (κ1) is 13.4. The third kappa shape index (κ3) is 4.40. The zero-order valence-electron chi connectivity index (χ0n) is 9.49. The summed E-state index contributed by atoms with van der Waals surface area (Å²) in [6.45, 7) is 0.375. The number of hydrogen-bond donors (Lipinski definition) is 2. The largest absolute Gasteiger partial charge is 0.462 e. The Morgan fingerprint density at radius 2 is 2.12 bits per heavy atom. The minimum atomic E-state index is -0.619. The quantitative estimate of drug-likeness (QED) is 0.452. The van der Waals surface area contributed by atoms with E-state index in [4.69, 9.17) is 15.6 Å². The normalized spacial score (nSPS) is 10.2. The predicted molar refractivity (Wildman–Crippen MR) is 62.0 cm³/mol. The highest BCUT2D eigenvalue weighted by Gasteiger charge is 2.11. The summed E-state index contributed by atoms with van der Waals surface area (Å²) in [5.74, 6) is -1.14. The van der Waals surface area contributed by atoms with Crippen molar-refractivity contribution in [3.05, 3.63) is 29.6 Å². The predicted octanol–water partition coefficient (Wildman–Crippen LogP) is 1.73. The van der Waals surface area contributed by atoms with Crippen molar-refractivity contribution in [2.75, 3.05) is 18.9 Å². The Hall–Kier alpha value is -1.62. The summed E-state index contributed by atoms with van der Waals surface area (Å²) in [4.78, 5) is 11.5. The molecule has 94 valence electrons. The standard InChI is InChI=1S/C12H16FNO3/c13-9-4-5-11(14)10(8-9)12(16)17-7-3-1-2-6-15/h4-5,8,15H,1-3,6-7,14H2. The second-order valence-electron chi connectivity index (χ2n) is 3.65. The fraction of sp³-hybridized carbons (Fsp3) is 0.417. The Kier molecular flexibility index (Phi) is 5.42. The highest BCUT2D eigenvalue weighted by Crippen LogP contribution is 2.14. The van der Waals surface area contributed by atoms with Crippen LogP contribution in [0.4, 0.5) is 10.1 Å². The molecule has 0 aliphatic rings. The van der Waals surface area contributed by atoms with Crippen LogP contribution in [0, 0.1) is 5.82 Å². The number of nitrogens with two attached hydrogens (primary N) is 1. The zero-order valence-corrected chi connectivity index (χ0v) is 9.49. The number of carbonyl (C=O) groups excluding carboxylic acids is 1. The molecule has 0 heterocycles. The summed E-state index contributed by atoms with van der Waals surface area (Å²) in [6, 6.07) is 3.58.